The summed E-state index contributed by atoms with van der Waals surface area (Å²) in [4.78, 5) is 23.6. The van der Waals surface area contributed by atoms with E-state index in [2.05, 4.69) is 20.3 Å². The van der Waals surface area contributed by atoms with Crippen molar-refractivity contribution in [1.82, 2.24) is 15.0 Å². The van der Waals surface area contributed by atoms with Crippen molar-refractivity contribution in [2.75, 3.05) is 22.4 Å². The van der Waals surface area contributed by atoms with Gasteiger partial charge in [-0.25, -0.2) is 18.4 Å². The largest absolute Gasteiger partial charge is 0.363 e. The third-order valence-electron chi connectivity index (χ3n) is 4.48. The first-order chi connectivity index (χ1) is 14.0. The molecule has 0 radical (unpaired) electrons. The first-order valence-corrected chi connectivity index (χ1v) is 11.7. The molecule has 30 heavy (non-hydrogen) atoms. The van der Waals surface area contributed by atoms with Crippen molar-refractivity contribution in [3.63, 3.8) is 0 Å². The number of nitrogens with one attached hydrogen (secondary N) is 2. The molecule has 3 heterocycles. The van der Waals surface area contributed by atoms with Crippen LogP contribution in [0, 0.1) is 5.92 Å². The molecule has 0 aliphatic heterocycles. The molecule has 0 amide bonds. The molecular formula is C20H24ClN5O3S. The molecule has 1 unspecified atom stereocenters. The lowest BCUT2D eigenvalue weighted by atomic mass is 10.1. The molecule has 0 spiro atoms. The Hall–Kier alpha value is -2.65. The van der Waals surface area contributed by atoms with E-state index in [9.17, 15) is 13.2 Å². The third-order valence-corrected chi connectivity index (χ3v) is 5.85. The predicted octanol–water partition coefficient (Wildman–Crippen LogP) is 3.57. The highest BCUT2D eigenvalue weighted by Crippen LogP contribution is 2.24. The summed E-state index contributed by atoms with van der Waals surface area (Å²) in [6, 6.07) is 6.38. The highest BCUT2D eigenvalue weighted by molar-refractivity contribution is 7.92. The van der Waals surface area contributed by atoms with Gasteiger partial charge in [0.25, 0.3) is 5.56 Å². The Morgan fingerprint density at radius 1 is 1.20 bits per heavy atom. The van der Waals surface area contributed by atoms with Gasteiger partial charge in [-0.1, -0.05) is 25.4 Å². The van der Waals surface area contributed by atoms with Crippen LogP contribution in [0.1, 0.15) is 32.4 Å². The van der Waals surface area contributed by atoms with Gasteiger partial charge in [-0.2, -0.15) is 0 Å². The Morgan fingerprint density at radius 3 is 2.60 bits per heavy atom. The standard InChI is InChI=1S/C20H24ClN5O3S/c1-12(2)11-26(30(4,28)29)16-5-6-22-18(9-16)24-13(3)17-8-14-7-15(21)10-23-19(14)25-20(17)27/h5-10,12-13H,11H2,1-4H3,(H,22,24)(H,23,25,27). The number of hydrogen-bond donors (Lipinski definition) is 2. The number of rotatable bonds is 7. The van der Waals surface area contributed by atoms with Crippen LogP contribution in [0.3, 0.4) is 0 Å². The fourth-order valence-electron chi connectivity index (χ4n) is 3.12. The van der Waals surface area contributed by atoms with E-state index in [-0.39, 0.29) is 11.5 Å². The summed E-state index contributed by atoms with van der Waals surface area (Å²) in [7, 11) is -3.44. The number of halogens is 1. The Bertz CT molecular complexity index is 1230. The number of anilines is 2. The molecule has 3 aromatic rings. The maximum absolute atomic E-state index is 12.5. The molecule has 0 bridgehead atoms. The van der Waals surface area contributed by atoms with Gasteiger partial charge in [0, 0.05) is 36.0 Å². The molecule has 1 atom stereocenters. The Kier molecular flexibility index (Phi) is 6.33. The van der Waals surface area contributed by atoms with Crippen molar-refractivity contribution >= 4 is 44.2 Å². The van der Waals surface area contributed by atoms with Crippen LogP contribution in [-0.4, -0.2) is 36.2 Å². The van der Waals surface area contributed by atoms with E-state index in [1.165, 1.54) is 23.0 Å². The van der Waals surface area contributed by atoms with E-state index in [1.807, 2.05) is 20.8 Å². The van der Waals surface area contributed by atoms with E-state index in [0.717, 1.165) is 0 Å². The highest BCUT2D eigenvalue weighted by Gasteiger charge is 2.20. The quantitative estimate of drug-likeness (QED) is 0.570. The van der Waals surface area contributed by atoms with E-state index in [0.29, 0.717) is 39.7 Å². The van der Waals surface area contributed by atoms with Gasteiger partial charge in [0.15, 0.2) is 0 Å². The first kappa shape index (κ1) is 22.0. The summed E-state index contributed by atoms with van der Waals surface area (Å²) in [6.45, 7) is 6.09. The summed E-state index contributed by atoms with van der Waals surface area (Å²) in [5, 5.41) is 4.36. The smallest absolute Gasteiger partial charge is 0.254 e. The van der Waals surface area contributed by atoms with Crippen molar-refractivity contribution in [3.05, 3.63) is 57.6 Å². The van der Waals surface area contributed by atoms with E-state index in [4.69, 9.17) is 11.6 Å². The van der Waals surface area contributed by atoms with Crippen LogP contribution >= 0.6 is 11.6 Å². The molecule has 160 valence electrons. The van der Waals surface area contributed by atoms with Crippen LogP contribution in [0.4, 0.5) is 11.5 Å². The fourth-order valence-corrected chi connectivity index (χ4v) is 4.35. The van der Waals surface area contributed by atoms with Gasteiger partial charge >= 0.3 is 0 Å². The van der Waals surface area contributed by atoms with Gasteiger partial charge in [0.1, 0.15) is 11.5 Å². The zero-order valence-corrected chi connectivity index (χ0v) is 18.8. The predicted molar refractivity (Wildman–Crippen MR) is 121 cm³/mol. The number of sulfonamides is 1. The maximum atomic E-state index is 12.5. The van der Waals surface area contributed by atoms with Crippen molar-refractivity contribution in [2.24, 2.45) is 5.92 Å². The average molecular weight is 450 g/mol. The zero-order valence-electron chi connectivity index (χ0n) is 17.2. The Labute approximate surface area is 180 Å². The molecule has 2 N–H and O–H groups in total. The number of hydrogen-bond acceptors (Lipinski definition) is 6. The molecule has 0 saturated heterocycles. The number of aromatic amines is 1. The molecule has 0 aliphatic rings. The van der Waals surface area contributed by atoms with Gasteiger partial charge in [-0.3, -0.25) is 9.10 Å². The van der Waals surface area contributed by atoms with Crippen LogP contribution in [0.15, 0.2) is 41.5 Å². The normalized spacial score (nSPS) is 12.9. The summed E-state index contributed by atoms with van der Waals surface area (Å²) >= 11 is 6.01. The fraction of sp³-hybridized carbons (Fsp3) is 0.350. The minimum Gasteiger partial charge on any atom is -0.363 e. The summed E-state index contributed by atoms with van der Waals surface area (Å²) in [5.74, 6) is 0.612. The number of aromatic nitrogens is 3. The second-order valence-electron chi connectivity index (χ2n) is 7.60. The molecule has 0 fully saturated rings. The van der Waals surface area contributed by atoms with Gasteiger partial charge in [0.2, 0.25) is 10.0 Å². The molecule has 3 rings (SSSR count). The van der Waals surface area contributed by atoms with E-state index in [1.54, 1.807) is 24.3 Å². The van der Waals surface area contributed by atoms with Gasteiger partial charge in [-0.05, 0) is 31.0 Å². The molecule has 0 aliphatic carbocycles. The number of nitrogens with zero attached hydrogens (tertiary/aromatic N) is 3. The zero-order chi connectivity index (χ0) is 22.1. The SMILES string of the molecule is CC(C)CN(c1ccnc(NC(C)c2cc3cc(Cl)cnc3[nH]c2=O)c1)S(C)(=O)=O. The average Bonchev–Trinajstić information content (AvgIpc) is 2.65. The van der Waals surface area contributed by atoms with Gasteiger partial charge < -0.3 is 10.3 Å². The lowest BCUT2D eigenvalue weighted by Gasteiger charge is -2.25. The van der Waals surface area contributed by atoms with Crippen LogP contribution in [0.5, 0.6) is 0 Å². The lowest BCUT2D eigenvalue weighted by molar-refractivity contribution is 0.583. The number of H-pyrrole nitrogens is 1. The Balaban J connectivity index is 1.91. The monoisotopic (exact) mass is 449 g/mol. The molecular weight excluding hydrogens is 426 g/mol. The highest BCUT2D eigenvalue weighted by atomic mass is 35.5. The molecule has 10 heteroatoms. The first-order valence-electron chi connectivity index (χ1n) is 9.43. The van der Waals surface area contributed by atoms with Crippen LogP contribution in [0.25, 0.3) is 11.0 Å². The van der Waals surface area contributed by atoms with Crippen molar-refractivity contribution < 1.29 is 8.42 Å². The van der Waals surface area contributed by atoms with Gasteiger partial charge in [-0.15, -0.1) is 0 Å². The summed E-state index contributed by atoms with van der Waals surface area (Å²) in [5.41, 5.74) is 1.18. The van der Waals surface area contributed by atoms with Crippen LogP contribution in [0.2, 0.25) is 5.02 Å². The number of pyridine rings is 3. The second kappa shape index (κ2) is 8.61. The summed E-state index contributed by atoms with van der Waals surface area (Å²) < 4.78 is 25.8. The van der Waals surface area contributed by atoms with E-state index >= 15 is 0 Å². The number of fused-ring (bicyclic) bond motifs is 1. The lowest BCUT2D eigenvalue weighted by Crippen LogP contribution is -2.33. The second-order valence-corrected chi connectivity index (χ2v) is 9.94. The third kappa shape index (κ3) is 5.09. The van der Waals surface area contributed by atoms with Crippen molar-refractivity contribution in [2.45, 2.75) is 26.8 Å². The van der Waals surface area contributed by atoms with Crippen LogP contribution in [-0.2, 0) is 10.0 Å². The van der Waals surface area contributed by atoms with Gasteiger partial charge in [0.05, 0.1) is 23.0 Å². The van der Waals surface area contributed by atoms with Crippen molar-refractivity contribution in [3.8, 4) is 0 Å². The summed E-state index contributed by atoms with van der Waals surface area (Å²) in [6.07, 6.45) is 4.19. The molecule has 0 saturated carbocycles. The minimum absolute atomic E-state index is 0.153. The Morgan fingerprint density at radius 2 is 1.93 bits per heavy atom. The van der Waals surface area contributed by atoms with Crippen LogP contribution < -0.4 is 15.2 Å². The topological polar surface area (TPSA) is 108 Å². The minimum atomic E-state index is -3.44. The maximum Gasteiger partial charge on any atom is 0.254 e. The van der Waals surface area contributed by atoms with Crippen molar-refractivity contribution in [1.29, 1.82) is 0 Å². The molecule has 0 aromatic carbocycles. The van der Waals surface area contributed by atoms with E-state index < -0.39 is 16.1 Å². The molecule has 3 aromatic heterocycles. The molecule has 8 nitrogen and oxygen atoms in total.